The SMILES string of the molecule is O=C(O)c1ccc(CNC(=O)N2CCCCCC2)o1. The normalized spacial score (nSPS) is 15.9. The molecule has 0 bridgehead atoms. The highest BCUT2D eigenvalue weighted by Crippen LogP contribution is 2.11. The third kappa shape index (κ3) is 3.74. The number of amides is 2. The van der Waals surface area contributed by atoms with Crippen LogP contribution < -0.4 is 5.32 Å². The third-order valence-corrected chi connectivity index (χ3v) is 3.18. The van der Waals surface area contributed by atoms with Gasteiger partial charge in [-0.1, -0.05) is 12.8 Å². The summed E-state index contributed by atoms with van der Waals surface area (Å²) in [4.78, 5) is 24.4. The maximum absolute atomic E-state index is 11.9. The Bertz CT molecular complexity index is 447. The van der Waals surface area contributed by atoms with Gasteiger partial charge in [-0.3, -0.25) is 0 Å². The van der Waals surface area contributed by atoms with E-state index in [1.807, 2.05) is 0 Å². The van der Waals surface area contributed by atoms with Crippen molar-refractivity contribution in [3.63, 3.8) is 0 Å². The zero-order valence-corrected chi connectivity index (χ0v) is 10.7. The van der Waals surface area contributed by atoms with Gasteiger partial charge in [0.15, 0.2) is 0 Å². The molecule has 19 heavy (non-hydrogen) atoms. The van der Waals surface area contributed by atoms with Crippen molar-refractivity contribution >= 4 is 12.0 Å². The lowest BCUT2D eigenvalue weighted by molar-refractivity contribution is 0.0660. The van der Waals surface area contributed by atoms with Crippen molar-refractivity contribution in [3.05, 3.63) is 23.7 Å². The lowest BCUT2D eigenvalue weighted by Crippen LogP contribution is -2.40. The highest BCUT2D eigenvalue weighted by molar-refractivity contribution is 5.84. The molecule has 1 aromatic rings. The van der Waals surface area contributed by atoms with E-state index in [0.717, 1.165) is 25.9 Å². The summed E-state index contributed by atoms with van der Waals surface area (Å²) in [6.45, 7) is 1.78. The van der Waals surface area contributed by atoms with Crippen LogP contribution in [0.5, 0.6) is 0 Å². The second-order valence-corrected chi connectivity index (χ2v) is 4.63. The highest BCUT2D eigenvalue weighted by atomic mass is 16.4. The number of carboxylic acids is 1. The van der Waals surface area contributed by atoms with Crippen molar-refractivity contribution in [2.24, 2.45) is 0 Å². The molecule has 0 spiro atoms. The number of furan rings is 1. The van der Waals surface area contributed by atoms with Crippen LogP contribution in [-0.4, -0.2) is 35.1 Å². The zero-order valence-electron chi connectivity index (χ0n) is 10.7. The maximum Gasteiger partial charge on any atom is 0.371 e. The van der Waals surface area contributed by atoms with Crippen LogP contribution in [0, 0.1) is 0 Å². The molecule has 2 amide bonds. The largest absolute Gasteiger partial charge is 0.475 e. The summed E-state index contributed by atoms with van der Waals surface area (Å²) in [5.41, 5.74) is 0. The average molecular weight is 266 g/mol. The molecule has 0 aliphatic carbocycles. The van der Waals surface area contributed by atoms with E-state index >= 15 is 0 Å². The average Bonchev–Trinajstić information content (AvgIpc) is 2.70. The molecular formula is C13H18N2O4. The summed E-state index contributed by atoms with van der Waals surface area (Å²) in [6, 6.07) is 2.83. The van der Waals surface area contributed by atoms with E-state index in [2.05, 4.69) is 5.32 Å². The van der Waals surface area contributed by atoms with Gasteiger partial charge in [0.1, 0.15) is 5.76 Å². The van der Waals surface area contributed by atoms with Gasteiger partial charge in [0, 0.05) is 13.1 Å². The van der Waals surface area contributed by atoms with Crippen molar-refractivity contribution in [2.75, 3.05) is 13.1 Å². The smallest absolute Gasteiger partial charge is 0.371 e. The van der Waals surface area contributed by atoms with Gasteiger partial charge in [-0.25, -0.2) is 9.59 Å². The Morgan fingerprint density at radius 1 is 1.21 bits per heavy atom. The van der Waals surface area contributed by atoms with Crippen LogP contribution >= 0.6 is 0 Å². The Labute approximate surface area is 111 Å². The molecule has 1 aliphatic rings. The van der Waals surface area contributed by atoms with Crippen molar-refractivity contribution in [2.45, 2.75) is 32.2 Å². The van der Waals surface area contributed by atoms with E-state index in [0.29, 0.717) is 5.76 Å². The number of hydrogen-bond acceptors (Lipinski definition) is 3. The number of carbonyl (C=O) groups is 2. The fourth-order valence-electron chi connectivity index (χ4n) is 2.14. The first-order valence-electron chi connectivity index (χ1n) is 6.51. The number of nitrogens with one attached hydrogen (secondary N) is 1. The van der Waals surface area contributed by atoms with Gasteiger partial charge in [-0.05, 0) is 25.0 Å². The predicted octanol–water partition coefficient (Wildman–Crippen LogP) is 2.06. The highest BCUT2D eigenvalue weighted by Gasteiger charge is 2.16. The van der Waals surface area contributed by atoms with Crippen molar-refractivity contribution in [1.82, 2.24) is 10.2 Å². The molecule has 1 aromatic heterocycles. The van der Waals surface area contributed by atoms with E-state index in [1.165, 1.54) is 18.9 Å². The first-order chi connectivity index (χ1) is 9.16. The number of aromatic carboxylic acids is 1. The molecule has 1 aliphatic heterocycles. The lowest BCUT2D eigenvalue weighted by Gasteiger charge is -2.20. The quantitative estimate of drug-likeness (QED) is 0.877. The van der Waals surface area contributed by atoms with Gasteiger partial charge in [0.2, 0.25) is 5.76 Å². The van der Waals surface area contributed by atoms with Crippen LogP contribution in [0.25, 0.3) is 0 Å². The molecule has 104 valence electrons. The van der Waals surface area contributed by atoms with Gasteiger partial charge in [0.25, 0.3) is 0 Å². The Morgan fingerprint density at radius 3 is 2.47 bits per heavy atom. The topological polar surface area (TPSA) is 82.8 Å². The number of rotatable bonds is 3. The summed E-state index contributed by atoms with van der Waals surface area (Å²) < 4.78 is 5.07. The van der Waals surface area contributed by atoms with Crippen LogP contribution in [0.2, 0.25) is 0 Å². The molecular weight excluding hydrogens is 248 g/mol. The first-order valence-corrected chi connectivity index (χ1v) is 6.51. The third-order valence-electron chi connectivity index (χ3n) is 3.18. The van der Waals surface area contributed by atoms with Crippen LogP contribution in [-0.2, 0) is 6.54 Å². The Morgan fingerprint density at radius 2 is 1.89 bits per heavy atom. The minimum Gasteiger partial charge on any atom is -0.475 e. The standard InChI is InChI=1S/C13H18N2O4/c16-12(17)11-6-5-10(19-11)9-14-13(18)15-7-3-1-2-4-8-15/h5-6H,1-4,7-9H2,(H,14,18)(H,16,17). The number of carboxylic acid groups (broad SMARTS) is 1. The van der Waals surface area contributed by atoms with Crippen molar-refractivity contribution in [1.29, 1.82) is 0 Å². The monoisotopic (exact) mass is 266 g/mol. The minimum absolute atomic E-state index is 0.112. The Kier molecular flexibility index (Phi) is 4.43. The van der Waals surface area contributed by atoms with Gasteiger partial charge >= 0.3 is 12.0 Å². The molecule has 1 fully saturated rings. The zero-order chi connectivity index (χ0) is 13.7. The van der Waals surface area contributed by atoms with Gasteiger partial charge < -0.3 is 19.7 Å². The fraction of sp³-hybridized carbons (Fsp3) is 0.538. The Hall–Kier alpha value is -1.98. The molecule has 0 unspecified atom stereocenters. The molecule has 0 atom stereocenters. The number of hydrogen-bond donors (Lipinski definition) is 2. The molecule has 0 radical (unpaired) electrons. The summed E-state index contributed by atoms with van der Waals surface area (Å²) in [7, 11) is 0. The summed E-state index contributed by atoms with van der Waals surface area (Å²) in [6.07, 6.45) is 4.42. The second kappa shape index (κ2) is 6.26. The molecule has 0 aromatic carbocycles. The fourth-order valence-corrected chi connectivity index (χ4v) is 2.14. The van der Waals surface area contributed by atoms with Crippen LogP contribution in [0.15, 0.2) is 16.5 Å². The van der Waals surface area contributed by atoms with Crippen LogP contribution in [0.1, 0.15) is 42.0 Å². The van der Waals surface area contributed by atoms with Crippen molar-refractivity contribution < 1.29 is 19.1 Å². The van der Waals surface area contributed by atoms with Gasteiger partial charge in [-0.2, -0.15) is 0 Å². The van der Waals surface area contributed by atoms with Gasteiger partial charge in [-0.15, -0.1) is 0 Å². The molecule has 1 saturated heterocycles. The van der Waals surface area contributed by atoms with E-state index in [-0.39, 0.29) is 18.3 Å². The molecule has 2 N–H and O–H groups in total. The minimum atomic E-state index is -1.11. The molecule has 2 rings (SSSR count). The van der Waals surface area contributed by atoms with Crippen molar-refractivity contribution in [3.8, 4) is 0 Å². The van der Waals surface area contributed by atoms with E-state index in [9.17, 15) is 9.59 Å². The number of carbonyl (C=O) groups excluding carboxylic acids is 1. The van der Waals surface area contributed by atoms with E-state index < -0.39 is 5.97 Å². The first kappa shape index (κ1) is 13.5. The molecule has 2 heterocycles. The molecule has 0 saturated carbocycles. The number of nitrogens with zero attached hydrogens (tertiary/aromatic N) is 1. The van der Waals surface area contributed by atoms with E-state index in [4.69, 9.17) is 9.52 Å². The van der Waals surface area contributed by atoms with E-state index in [1.54, 1.807) is 11.0 Å². The second-order valence-electron chi connectivity index (χ2n) is 4.63. The van der Waals surface area contributed by atoms with Crippen LogP contribution in [0.4, 0.5) is 4.79 Å². The Balaban J connectivity index is 1.83. The maximum atomic E-state index is 11.9. The lowest BCUT2D eigenvalue weighted by atomic mass is 10.2. The van der Waals surface area contributed by atoms with Gasteiger partial charge in [0.05, 0.1) is 6.54 Å². The molecule has 6 nitrogen and oxygen atoms in total. The summed E-state index contributed by atoms with van der Waals surface area (Å²) in [5, 5.41) is 11.5. The summed E-state index contributed by atoms with van der Waals surface area (Å²) in [5.74, 6) is -0.773. The van der Waals surface area contributed by atoms with Crippen LogP contribution in [0.3, 0.4) is 0 Å². The summed E-state index contributed by atoms with van der Waals surface area (Å²) >= 11 is 0. The predicted molar refractivity (Wildman–Crippen MR) is 67.9 cm³/mol. The number of urea groups is 1. The number of likely N-dealkylation sites (tertiary alicyclic amines) is 1. The molecule has 6 heteroatoms.